The van der Waals surface area contributed by atoms with Crippen molar-refractivity contribution in [3.05, 3.63) is 12.7 Å². The van der Waals surface area contributed by atoms with Crippen LogP contribution in [0.5, 0.6) is 0 Å². The molecule has 2 atom stereocenters. The first kappa shape index (κ1) is 14.0. The summed E-state index contributed by atoms with van der Waals surface area (Å²) in [4.78, 5) is 2.37. The average molecular weight is 272 g/mol. The quantitative estimate of drug-likeness (QED) is 0.594. The molecule has 0 amide bonds. The summed E-state index contributed by atoms with van der Waals surface area (Å²) in [5, 5.41) is 3.39. The topological polar surface area (TPSA) is 49.4 Å². The van der Waals surface area contributed by atoms with Crippen molar-refractivity contribution in [1.29, 1.82) is 0 Å². The van der Waals surface area contributed by atoms with Crippen molar-refractivity contribution in [1.82, 2.24) is 10.2 Å². The third kappa shape index (κ3) is 3.56. The molecule has 0 bridgehead atoms. The molecule has 5 heteroatoms. The van der Waals surface area contributed by atoms with E-state index in [1.807, 2.05) is 6.08 Å². The molecule has 0 radical (unpaired) electrons. The summed E-state index contributed by atoms with van der Waals surface area (Å²) in [6.07, 6.45) is 6.45. The highest BCUT2D eigenvalue weighted by atomic mass is 32.2. The highest BCUT2D eigenvalue weighted by Crippen LogP contribution is 2.22. The van der Waals surface area contributed by atoms with E-state index in [0.717, 1.165) is 26.1 Å². The van der Waals surface area contributed by atoms with Gasteiger partial charge in [0.25, 0.3) is 0 Å². The molecule has 2 rings (SSSR count). The van der Waals surface area contributed by atoms with E-state index in [2.05, 4.69) is 16.8 Å². The van der Waals surface area contributed by atoms with E-state index in [0.29, 0.717) is 11.5 Å². The molecule has 2 unspecified atom stereocenters. The van der Waals surface area contributed by atoms with Gasteiger partial charge >= 0.3 is 0 Å². The molecule has 0 saturated carbocycles. The lowest BCUT2D eigenvalue weighted by atomic mass is 10.0. The number of piperidine rings is 1. The van der Waals surface area contributed by atoms with Gasteiger partial charge in [-0.25, -0.2) is 8.42 Å². The molecule has 2 saturated heterocycles. The number of sulfone groups is 1. The summed E-state index contributed by atoms with van der Waals surface area (Å²) in [6.45, 7) is 6.63. The minimum Gasteiger partial charge on any atom is -0.311 e. The second-order valence-electron chi connectivity index (χ2n) is 5.38. The molecule has 0 aromatic rings. The standard InChI is InChI=1S/C13H24N2O2S/c1-2-3-7-14-12-10-18(16,17)11-13(12)15-8-5-4-6-9-15/h2,12-14H,1,3-11H2. The molecule has 0 spiro atoms. The average Bonchev–Trinajstić information content (AvgIpc) is 2.66. The Kier molecular flexibility index (Phi) is 4.81. The Morgan fingerprint density at radius 3 is 2.61 bits per heavy atom. The van der Waals surface area contributed by atoms with E-state index < -0.39 is 9.84 Å². The molecule has 104 valence electrons. The fourth-order valence-corrected chi connectivity index (χ4v) is 4.99. The van der Waals surface area contributed by atoms with E-state index in [1.165, 1.54) is 19.3 Å². The highest BCUT2D eigenvalue weighted by molar-refractivity contribution is 7.91. The largest absolute Gasteiger partial charge is 0.311 e. The fourth-order valence-electron chi connectivity index (χ4n) is 3.00. The van der Waals surface area contributed by atoms with Crippen molar-refractivity contribution in [3.63, 3.8) is 0 Å². The summed E-state index contributed by atoms with van der Waals surface area (Å²) in [5.41, 5.74) is 0. The zero-order valence-electron chi connectivity index (χ0n) is 11.0. The summed E-state index contributed by atoms with van der Waals surface area (Å²) < 4.78 is 23.7. The van der Waals surface area contributed by atoms with Crippen LogP contribution in [0.4, 0.5) is 0 Å². The van der Waals surface area contributed by atoms with Gasteiger partial charge in [-0.3, -0.25) is 4.90 Å². The highest BCUT2D eigenvalue weighted by Gasteiger charge is 2.40. The van der Waals surface area contributed by atoms with E-state index in [9.17, 15) is 8.42 Å². The number of likely N-dealkylation sites (tertiary alicyclic amines) is 1. The van der Waals surface area contributed by atoms with E-state index in [4.69, 9.17) is 0 Å². The number of hydrogen-bond acceptors (Lipinski definition) is 4. The molecule has 2 aliphatic heterocycles. The van der Waals surface area contributed by atoms with Crippen LogP contribution in [0.15, 0.2) is 12.7 Å². The molecular weight excluding hydrogens is 248 g/mol. The van der Waals surface area contributed by atoms with Crippen LogP contribution in [-0.2, 0) is 9.84 Å². The first-order valence-corrected chi connectivity index (χ1v) is 8.73. The van der Waals surface area contributed by atoms with Gasteiger partial charge in [-0.15, -0.1) is 6.58 Å². The van der Waals surface area contributed by atoms with Gasteiger partial charge in [0, 0.05) is 12.1 Å². The van der Waals surface area contributed by atoms with Crippen LogP contribution < -0.4 is 5.32 Å². The minimum atomic E-state index is -2.86. The normalized spacial score (nSPS) is 32.4. The predicted molar refractivity (Wildman–Crippen MR) is 74.5 cm³/mol. The Balaban J connectivity index is 1.97. The summed E-state index contributed by atoms with van der Waals surface area (Å²) in [7, 11) is -2.86. The molecule has 0 aromatic heterocycles. The number of nitrogens with zero attached hydrogens (tertiary/aromatic N) is 1. The molecule has 2 aliphatic rings. The van der Waals surface area contributed by atoms with Gasteiger partial charge in [0.1, 0.15) is 0 Å². The second-order valence-corrected chi connectivity index (χ2v) is 7.53. The predicted octanol–water partition coefficient (Wildman–Crippen LogP) is 0.804. The summed E-state index contributed by atoms with van der Waals surface area (Å²) >= 11 is 0. The monoisotopic (exact) mass is 272 g/mol. The Morgan fingerprint density at radius 2 is 1.94 bits per heavy atom. The van der Waals surface area contributed by atoms with E-state index in [1.54, 1.807) is 0 Å². The molecule has 2 heterocycles. The summed E-state index contributed by atoms with van der Waals surface area (Å²) in [5.74, 6) is 0.629. The van der Waals surface area contributed by atoms with Crippen LogP contribution in [0.3, 0.4) is 0 Å². The second kappa shape index (κ2) is 6.17. The van der Waals surface area contributed by atoms with Crippen molar-refractivity contribution >= 4 is 9.84 Å². The van der Waals surface area contributed by atoms with Crippen LogP contribution in [0.25, 0.3) is 0 Å². The van der Waals surface area contributed by atoms with Crippen LogP contribution in [-0.4, -0.2) is 56.5 Å². The number of rotatable bonds is 5. The van der Waals surface area contributed by atoms with Crippen LogP contribution in [0, 0.1) is 0 Å². The van der Waals surface area contributed by atoms with Crippen molar-refractivity contribution in [2.45, 2.75) is 37.8 Å². The molecule has 18 heavy (non-hydrogen) atoms. The van der Waals surface area contributed by atoms with Crippen molar-refractivity contribution in [2.75, 3.05) is 31.1 Å². The molecule has 0 aromatic carbocycles. The van der Waals surface area contributed by atoms with Gasteiger partial charge in [-0.1, -0.05) is 12.5 Å². The Hall–Kier alpha value is -0.390. The third-order valence-electron chi connectivity index (χ3n) is 3.94. The zero-order chi connectivity index (χ0) is 13.0. The number of nitrogens with one attached hydrogen (secondary N) is 1. The van der Waals surface area contributed by atoms with E-state index in [-0.39, 0.29) is 12.1 Å². The maximum atomic E-state index is 11.8. The Morgan fingerprint density at radius 1 is 1.22 bits per heavy atom. The van der Waals surface area contributed by atoms with Gasteiger partial charge in [-0.05, 0) is 38.9 Å². The van der Waals surface area contributed by atoms with Crippen LogP contribution in [0.1, 0.15) is 25.7 Å². The lowest BCUT2D eigenvalue weighted by molar-refractivity contribution is 0.155. The van der Waals surface area contributed by atoms with Crippen molar-refractivity contribution in [2.24, 2.45) is 0 Å². The van der Waals surface area contributed by atoms with Gasteiger partial charge < -0.3 is 5.32 Å². The van der Waals surface area contributed by atoms with Crippen molar-refractivity contribution in [3.8, 4) is 0 Å². The number of hydrogen-bond donors (Lipinski definition) is 1. The zero-order valence-corrected chi connectivity index (χ0v) is 11.8. The van der Waals surface area contributed by atoms with Gasteiger partial charge in [0.15, 0.2) is 9.84 Å². The van der Waals surface area contributed by atoms with Crippen molar-refractivity contribution < 1.29 is 8.42 Å². The molecule has 0 aliphatic carbocycles. The Labute approximate surface area is 110 Å². The molecular formula is C13H24N2O2S. The van der Waals surface area contributed by atoms with Crippen LogP contribution >= 0.6 is 0 Å². The lowest BCUT2D eigenvalue weighted by Crippen LogP contribution is -2.51. The molecule has 2 fully saturated rings. The maximum absolute atomic E-state index is 11.8. The fraction of sp³-hybridized carbons (Fsp3) is 0.846. The lowest BCUT2D eigenvalue weighted by Gasteiger charge is -2.35. The summed E-state index contributed by atoms with van der Waals surface area (Å²) in [6, 6.07) is 0.285. The van der Waals surface area contributed by atoms with Gasteiger partial charge in [0.2, 0.25) is 0 Å². The van der Waals surface area contributed by atoms with Gasteiger partial charge in [-0.2, -0.15) is 0 Å². The maximum Gasteiger partial charge on any atom is 0.153 e. The van der Waals surface area contributed by atoms with E-state index >= 15 is 0 Å². The molecule has 4 nitrogen and oxygen atoms in total. The first-order chi connectivity index (χ1) is 8.62. The van der Waals surface area contributed by atoms with Gasteiger partial charge in [0.05, 0.1) is 11.5 Å². The minimum absolute atomic E-state index is 0.105. The van der Waals surface area contributed by atoms with Crippen LogP contribution in [0.2, 0.25) is 0 Å². The Bertz CT molecular complexity index is 374. The first-order valence-electron chi connectivity index (χ1n) is 6.91. The smallest absolute Gasteiger partial charge is 0.153 e. The molecule has 1 N–H and O–H groups in total. The third-order valence-corrected chi connectivity index (χ3v) is 5.65. The SMILES string of the molecule is C=CCCNC1CS(=O)(=O)CC1N1CCCCC1.